The van der Waals surface area contributed by atoms with Crippen molar-refractivity contribution in [3.05, 3.63) is 63.0 Å². The average Bonchev–Trinajstić information content (AvgIpc) is 3.26. The van der Waals surface area contributed by atoms with Crippen LogP contribution in [0.2, 0.25) is 0 Å². The van der Waals surface area contributed by atoms with Gasteiger partial charge in [-0.1, -0.05) is 15.9 Å². The Balaban J connectivity index is 2.07. The van der Waals surface area contributed by atoms with Crippen LogP contribution < -0.4 is 0 Å². The third-order valence-electron chi connectivity index (χ3n) is 5.53. The van der Waals surface area contributed by atoms with E-state index in [1.54, 1.807) is 0 Å². The largest absolute Gasteiger partial charge is 0.361 e. The predicted octanol–water partition coefficient (Wildman–Crippen LogP) is 5.56. The Morgan fingerprint density at radius 2 is 1.88 bits per heavy atom. The second-order valence-electron chi connectivity index (χ2n) is 7.00. The van der Waals surface area contributed by atoms with E-state index in [2.05, 4.69) is 58.8 Å². The van der Waals surface area contributed by atoms with Crippen LogP contribution in [-0.4, -0.2) is 15.0 Å². The minimum absolute atomic E-state index is 0.668. The molecule has 1 atom stereocenters. The number of aryl methyl sites for hydroxylation is 1. The summed E-state index contributed by atoms with van der Waals surface area (Å²) in [6, 6.07) is 10.5. The lowest BCUT2D eigenvalue weighted by Crippen LogP contribution is -2.25. The highest BCUT2D eigenvalue weighted by Crippen LogP contribution is 2.40. The number of aromatic nitrogens is 3. The molecule has 0 aliphatic heterocycles. The van der Waals surface area contributed by atoms with Gasteiger partial charge in [-0.3, -0.25) is 0 Å². The van der Waals surface area contributed by atoms with E-state index in [4.69, 9.17) is 4.98 Å². The molecule has 0 amide bonds. The molecule has 2 aromatic heterocycles. The van der Waals surface area contributed by atoms with E-state index in [9.17, 15) is 5.26 Å². The summed E-state index contributed by atoms with van der Waals surface area (Å²) in [6.45, 7) is 8.28. The van der Waals surface area contributed by atoms with Crippen molar-refractivity contribution in [3.8, 4) is 6.07 Å². The number of fused-ring (bicyclic) bond motifs is 2. The second-order valence-corrected chi connectivity index (χ2v) is 7.92. The van der Waals surface area contributed by atoms with Crippen LogP contribution in [-0.2, 0) is 5.41 Å². The van der Waals surface area contributed by atoms with Gasteiger partial charge in [0.2, 0.25) is 0 Å². The molecule has 2 N–H and O–H groups in total. The van der Waals surface area contributed by atoms with Gasteiger partial charge in [-0.25, -0.2) is 4.98 Å². The standard InChI is InChI=1S/C21H19BrN4/c1-11-12(2)18(15-7-8-24-19(15)13(11)3)21(4,10-23)20-25-16-6-5-14(22)9-17(16)26-20/h5-9,24H,1-4H3,(H,25,26). The van der Waals surface area contributed by atoms with Crippen LogP contribution in [0.1, 0.15) is 35.0 Å². The Hall–Kier alpha value is -2.58. The molecule has 4 aromatic rings. The van der Waals surface area contributed by atoms with Crippen LogP contribution >= 0.6 is 15.9 Å². The minimum atomic E-state index is -0.880. The molecule has 0 saturated heterocycles. The van der Waals surface area contributed by atoms with Crippen molar-refractivity contribution in [3.63, 3.8) is 0 Å². The molecule has 2 heterocycles. The number of imidazole rings is 1. The van der Waals surface area contributed by atoms with Crippen LogP contribution in [0.25, 0.3) is 21.9 Å². The molecular weight excluding hydrogens is 388 g/mol. The number of hydrogen-bond donors (Lipinski definition) is 2. The number of nitrogens with one attached hydrogen (secondary N) is 2. The highest BCUT2D eigenvalue weighted by molar-refractivity contribution is 9.10. The molecule has 2 aromatic carbocycles. The van der Waals surface area contributed by atoms with E-state index < -0.39 is 5.41 Å². The summed E-state index contributed by atoms with van der Waals surface area (Å²) < 4.78 is 0.981. The summed E-state index contributed by atoms with van der Waals surface area (Å²) in [5.41, 5.74) is 6.56. The van der Waals surface area contributed by atoms with Crippen molar-refractivity contribution in [2.75, 3.05) is 0 Å². The zero-order valence-corrected chi connectivity index (χ0v) is 16.7. The molecule has 4 nitrogen and oxygen atoms in total. The number of rotatable bonds is 2. The van der Waals surface area contributed by atoms with Gasteiger partial charge in [0.25, 0.3) is 0 Å². The summed E-state index contributed by atoms with van der Waals surface area (Å²) in [5, 5.41) is 11.3. The predicted molar refractivity (Wildman–Crippen MR) is 108 cm³/mol. The first-order chi connectivity index (χ1) is 12.4. The van der Waals surface area contributed by atoms with E-state index in [1.807, 2.05) is 31.3 Å². The molecule has 0 aliphatic carbocycles. The Labute approximate surface area is 160 Å². The van der Waals surface area contributed by atoms with Gasteiger partial charge in [0, 0.05) is 21.6 Å². The molecule has 5 heteroatoms. The molecule has 0 spiro atoms. The monoisotopic (exact) mass is 406 g/mol. The first-order valence-electron chi connectivity index (χ1n) is 8.51. The highest BCUT2D eigenvalue weighted by atomic mass is 79.9. The molecule has 130 valence electrons. The number of nitrogens with zero attached hydrogens (tertiary/aromatic N) is 2. The molecule has 0 aliphatic rings. The molecule has 0 saturated carbocycles. The molecule has 0 fully saturated rings. The maximum atomic E-state index is 10.2. The van der Waals surface area contributed by atoms with Crippen molar-refractivity contribution in [1.82, 2.24) is 15.0 Å². The van der Waals surface area contributed by atoms with Crippen molar-refractivity contribution < 1.29 is 0 Å². The van der Waals surface area contributed by atoms with Gasteiger partial charge in [0.15, 0.2) is 0 Å². The number of benzene rings is 2. The molecule has 4 rings (SSSR count). The summed E-state index contributed by atoms with van der Waals surface area (Å²) in [6.07, 6.45) is 1.94. The maximum Gasteiger partial charge on any atom is 0.138 e. The van der Waals surface area contributed by atoms with Crippen LogP contribution in [0.4, 0.5) is 0 Å². The quantitative estimate of drug-likeness (QED) is 0.457. The highest BCUT2D eigenvalue weighted by Gasteiger charge is 2.36. The third-order valence-corrected chi connectivity index (χ3v) is 6.03. The number of halogens is 1. The van der Waals surface area contributed by atoms with Gasteiger partial charge < -0.3 is 9.97 Å². The third kappa shape index (κ3) is 2.22. The molecule has 26 heavy (non-hydrogen) atoms. The number of aromatic amines is 2. The van der Waals surface area contributed by atoms with Gasteiger partial charge in [-0.2, -0.15) is 5.26 Å². The fourth-order valence-electron chi connectivity index (χ4n) is 3.84. The van der Waals surface area contributed by atoms with Crippen molar-refractivity contribution in [1.29, 1.82) is 5.26 Å². The normalized spacial score (nSPS) is 13.8. The van der Waals surface area contributed by atoms with Crippen molar-refractivity contribution in [2.24, 2.45) is 0 Å². The van der Waals surface area contributed by atoms with Crippen LogP contribution in [0, 0.1) is 32.1 Å². The Kier molecular flexibility index (Phi) is 3.71. The van der Waals surface area contributed by atoms with Crippen molar-refractivity contribution >= 4 is 37.9 Å². The topological polar surface area (TPSA) is 68.3 Å². The summed E-state index contributed by atoms with van der Waals surface area (Å²) in [7, 11) is 0. The number of nitriles is 1. The van der Waals surface area contributed by atoms with Gasteiger partial charge in [-0.05, 0) is 74.2 Å². The SMILES string of the molecule is Cc1c(C)c(C)c2[nH]ccc2c1C(C)(C#N)c1nc2ccc(Br)cc2[nH]1. The smallest absolute Gasteiger partial charge is 0.138 e. The van der Waals surface area contributed by atoms with Crippen LogP contribution in [0.3, 0.4) is 0 Å². The molecule has 0 radical (unpaired) electrons. The number of H-pyrrole nitrogens is 2. The first kappa shape index (κ1) is 16.9. The first-order valence-corrected chi connectivity index (χ1v) is 9.30. The maximum absolute atomic E-state index is 10.2. The van der Waals surface area contributed by atoms with E-state index in [0.29, 0.717) is 5.82 Å². The minimum Gasteiger partial charge on any atom is -0.361 e. The van der Waals surface area contributed by atoms with E-state index in [0.717, 1.165) is 37.5 Å². The zero-order chi connectivity index (χ0) is 18.6. The van der Waals surface area contributed by atoms with E-state index in [1.165, 1.54) is 11.1 Å². The van der Waals surface area contributed by atoms with Gasteiger partial charge in [0.05, 0.1) is 17.1 Å². The lowest BCUT2D eigenvalue weighted by molar-refractivity contribution is 0.690. The number of hydrogen-bond acceptors (Lipinski definition) is 2. The van der Waals surface area contributed by atoms with E-state index in [-0.39, 0.29) is 0 Å². The molecule has 1 unspecified atom stereocenters. The summed E-state index contributed by atoms with van der Waals surface area (Å²) in [5.74, 6) is 0.668. The Bertz CT molecular complexity index is 1210. The van der Waals surface area contributed by atoms with Gasteiger partial charge in [0.1, 0.15) is 11.2 Å². The van der Waals surface area contributed by atoms with Crippen LogP contribution in [0.5, 0.6) is 0 Å². The van der Waals surface area contributed by atoms with E-state index >= 15 is 0 Å². The second kappa shape index (κ2) is 5.72. The Morgan fingerprint density at radius 1 is 1.12 bits per heavy atom. The lowest BCUT2D eigenvalue weighted by atomic mass is 9.77. The van der Waals surface area contributed by atoms with Crippen molar-refractivity contribution in [2.45, 2.75) is 33.1 Å². The van der Waals surface area contributed by atoms with Gasteiger partial charge >= 0.3 is 0 Å². The molecule has 0 bridgehead atoms. The van der Waals surface area contributed by atoms with Crippen LogP contribution in [0.15, 0.2) is 34.9 Å². The average molecular weight is 407 g/mol. The fourth-order valence-corrected chi connectivity index (χ4v) is 4.20. The van der Waals surface area contributed by atoms with Gasteiger partial charge in [-0.15, -0.1) is 0 Å². The molecular formula is C21H19BrN4. The summed E-state index contributed by atoms with van der Waals surface area (Å²) in [4.78, 5) is 11.5. The fraction of sp³-hybridized carbons (Fsp3) is 0.238. The summed E-state index contributed by atoms with van der Waals surface area (Å²) >= 11 is 3.49. The Morgan fingerprint density at radius 3 is 2.62 bits per heavy atom. The zero-order valence-electron chi connectivity index (χ0n) is 15.2. The lowest BCUT2D eigenvalue weighted by Gasteiger charge is -2.25.